The van der Waals surface area contributed by atoms with Gasteiger partial charge in [-0.25, -0.2) is 0 Å². The fourth-order valence-corrected chi connectivity index (χ4v) is 5.04. The largest absolute Gasteiger partial charge is 0.489 e. The quantitative estimate of drug-likeness (QED) is 0.304. The van der Waals surface area contributed by atoms with E-state index in [0.717, 1.165) is 23.4 Å². The molecule has 0 spiro atoms. The number of hydrogen-bond donors (Lipinski definition) is 1. The molecule has 33 heavy (non-hydrogen) atoms. The van der Waals surface area contributed by atoms with Crippen LogP contribution in [-0.2, 0) is 0 Å². The van der Waals surface area contributed by atoms with Crippen LogP contribution in [0.2, 0.25) is 5.02 Å². The Morgan fingerprint density at radius 2 is 1.97 bits per heavy atom. The first kappa shape index (κ1) is 21.5. The summed E-state index contributed by atoms with van der Waals surface area (Å²) in [6.45, 7) is 6.31. The van der Waals surface area contributed by atoms with E-state index in [1.54, 1.807) is 12.3 Å². The molecular weight excluding hydrogens is 428 g/mol. The summed E-state index contributed by atoms with van der Waals surface area (Å²) in [5, 5.41) is 4.45. The average Bonchev–Trinajstić information content (AvgIpc) is 3.32. The summed E-state index contributed by atoms with van der Waals surface area (Å²) in [4.78, 5) is 4.66. The fourth-order valence-electron chi connectivity index (χ4n) is 4.86. The molecule has 0 unspecified atom stereocenters. The number of nitrogens with one attached hydrogen (secondary N) is 1. The standard InChI is InChI=1S/C29H27ClN2O/c1-3-15-33-28-14-10-22(30)17-21(28)18-31-23-11-8-20(9-12-23)29-25-6-4-5-24(25)26-16-19(2)7-13-27(26)32-29/h3-5,7-14,16-18,24-25,29,32H,1,6,15H2,2H3/t24-,25-,29-/m0/s1. The van der Waals surface area contributed by atoms with Crippen molar-refractivity contribution in [2.24, 2.45) is 10.9 Å². The van der Waals surface area contributed by atoms with E-state index in [1.807, 2.05) is 18.2 Å². The second kappa shape index (κ2) is 9.29. The summed E-state index contributed by atoms with van der Waals surface area (Å²) in [6, 6.07) is 21.1. The Morgan fingerprint density at radius 1 is 1.12 bits per heavy atom. The molecule has 0 saturated carbocycles. The van der Waals surface area contributed by atoms with E-state index in [9.17, 15) is 0 Å². The molecule has 0 amide bonds. The predicted molar refractivity (Wildman–Crippen MR) is 138 cm³/mol. The minimum atomic E-state index is 0.282. The van der Waals surface area contributed by atoms with Crippen molar-refractivity contribution in [3.05, 3.63) is 113 Å². The number of nitrogens with zero attached hydrogens (tertiary/aromatic N) is 1. The summed E-state index contributed by atoms with van der Waals surface area (Å²) < 4.78 is 5.72. The Bertz CT molecular complexity index is 1230. The summed E-state index contributed by atoms with van der Waals surface area (Å²) in [5.41, 5.74) is 7.00. The zero-order valence-corrected chi connectivity index (χ0v) is 19.4. The molecular formula is C29H27ClN2O. The van der Waals surface area contributed by atoms with Gasteiger partial charge in [0.1, 0.15) is 12.4 Å². The van der Waals surface area contributed by atoms with Crippen molar-refractivity contribution >= 4 is 29.2 Å². The maximum absolute atomic E-state index is 6.18. The van der Waals surface area contributed by atoms with Crippen LogP contribution in [0.25, 0.3) is 0 Å². The maximum Gasteiger partial charge on any atom is 0.128 e. The van der Waals surface area contributed by atoms with E-state index in [-0.39, 0.29) is 6.04 Å². The second-order valence-electron chi connectivity index (χ2n) is 8.70. The van der Waals surface area contributed by atoms with Gasteiger partial charge in [0.05, 0.1) is 11.7 Å². The molecule has 5 rings (SSSR count). The van der Waals surface area contributed by atoms with Crippen molar-refractivity contribution in [1.29, 1.82) is 0 Å². The summed E-state index contributed by atoms with van der Waals surface area (Å²) in [7, 11) is 0. The molecule has 3 nitrogen and oxygen atoms in total. The predicted octanol–water partition coefficient (Wildman–Crippen LogP) is 7.79. The van der Waals surface area contributed by atoms with Gasteiger partial charge in [0, 0.05) is 28.4 Å². The molecule has 1 heterocycles. The topological polar surface area (TPSA) is 33.6 Å². The van der Waals surface area contributed by atoms with Crippen molar-refractivity contribution in [2.45, 2.75) is 25.3 Å². The molecule has 3 atom stereocenters. The van der Waals surface area contributed by atoms with Crippen LogP contribution in [0.4, 0.5) is 11.4 Å². The Morgan fingerprint density at radius 3 is 2.79 bits per heavy atom. The zero-order chi connectivity index (χ0) is 22.8. The highest BCUT2D eigenvalue weighted by molar-refractivity contribution is 6.30. The lowest BCUT2D eigenvalue weighted by Gasteiger charge is -2.37. The molecule has 1 aliphatic carbocycles. The van der Waals surface area contributed by atoms with Crippen LogP contribution in [-0.4, -0.2) is 12.8 Å². The van der Waals surface area contributed by atoms with Gasteiger partial charge in [0.15, 0.2) is 0 Å². The lowest BCUT2D eigenvalue weighted by molar-refractivity contribution is 0.363. The molecule has 166 valence electrons. The van der Waals surface area contributed by atoms with Gasteiger partial charge in [-0.3, -0.25) is 4.99 Å². The highest BCUT2D eigenvalue weighted by Gasteiger charge is 2.37. The van der Waals surface area contributed by atoms with E-state index < -0.39 is 0 Å². The number of halogens is 1. The monoisotopic (exact) mass is 454 g/mol. The molecule has 4 heteroatoms. The van der Waals surface area contributed by atoms with Gasteiger partial charge in [0.2, 0.25) is 0 Å². The molecule has 1 N–H and O–H groups in total. The van der Waals surface area contributed by atoms with E-state index in [2.05, 4.69) is 78.4 Å². The van der Waals surface area contributed by atoms with Gasteiger partial charge in [-0.05, 0) is 66.8 Å². The molecule has 2 aliphatic rings. The lowest BCUT2D eigenvalue weighted by Crippen LogP contribution is -2.29. The van der Waals surface area contributed by atoms with Crippen LogP contribution in [0.15, 0.2) is 90.5 Å². The molecule has 0 radical (unpaired) electrons. The van der Waals surface area contributed by atoms with E-state index >= 15 is 0 Å². The van der Waals surface area contributed by atoms with Crippen molar-refractivity contribution in [1.82, 2.24) is 0 Å². The number of aliphatic imine (C=N–C) groups is 1. The van der Waals surface area contributed by atoms with Gasteiger partial charge in [0.25, 0.3) is 0 Å². The Balaban J connectivity index is 1.37. The highest BCUT2D eigenvalue weighted by atomic mass is 35.5. The van der Waals surface area contributed by atoms with Gasteiger partial charge in [-0.1, -0.05) is 66.2 Å². The normalized spacial score (nSPS) is 20.8. The minimum absolute atomic E-state index is 0.282. The fraction of sp³-hybridized carbons (Fsp3) is 0.207. The van der Waals surface area contributed by atoms with E-state index in [4.69, 9.17) is 16.3 Å². The number of allylic oxidation sites excluding steroid dienone is 2. The summed E-state index contributed by atoms with van der Waals surface area (Å²) in [6.07, 6.45) is 9.33. The average molecular weight is 455 g/mol. The molecule has 0 fully saturated rings. The third kappa shape index (κ3) is 4.46. The number of fused-ring (bicyclic) bond motifs is 3. The number of hydrogen-bond acceptors (Lipinski definition) is 3. The van der Waals surface area contributed by atoms with Crippen molar-refractivity contribution in [2.75, 3.05) is 11.9 Å². The Hall–Kier alpha value is -3.30. The zero-order valence-electron chi connectivity index (χ0n) is 18.7. The molecule has 1 aliphatic heterocycles. The van der Waals surface area contributed by atoms with Gasteiger partial charge in [-0.15, -0.1) is 0 Å². The van der Waals surface area contributed by atoms with Gasteiger partial charge < -0.3 is 10.1 Å². The first-order chi connectivity index (χ1) is 16.1. The number of ether oxygens (including phenoxy) is 1. The number of benzene rings is 3. The molecule has 3 aromatic carbocycles. The molecule has 0 aromatic heterocycles. The van der Waals surface area contributed by atoms with E-state index in [1.165, 1.54) is 22.4 Å². The maximum atomic E-state index is 6.18. The third-order valence-electron chi connectivity index (χ3n) is 6.45. The Kier molecular flexibility index (Phi) is 6.06. The number of aryl methyl sites for hydroxylation is 1. The second-order valence-corrected chi connectivity index (χ2v) is 9.13. The van der Waals surface area contributed by atoms with E-state index in [0.29, 0.717) is 23.5 Å². The molecule has 0 bridgehead atoms. The third-order valence-corrected chi connectivity index (χ3v) is 6.69. The van der Waals surface area contributed by atoms with Gasteiger partial charge in [-0.2, -0.15) is 0 Å². The van der Waals surface area contributed by atoms with Crippen LogP contribution in [0.3, 0.4) is 0 Å². The lowest BCUT2D eigenvalue weighted by atomic mass is 9.76. The molecule has 3 aromatic rings. The van der Waals surface area contributed by atoms with Crippen molar-refractivity contribution in [3.8, 4) is 5.75 Å². The first-order valence-corrected chi connectivity index (χ1v) is 11.7. The molecule has 0 saturated heterocycles. The SMILES string of the molecule is C=CCOc1ccc(Cl)cc1C=Nc1ccc([C@@H]2Nc3ccc(C)cc3[C@H]3C=CC[C@@H]32)cc1. The van der Waals surface area contributed by atoms with Crippen molar-refractivity contribution < 1.29 is 4.74 Å². The smallest absolute Gasteiger partial charge is 0.128 e. The van der Waals surface area contributed by atoms with Crippen LogP contribution in [0.5, 0.6) is 5.75 Å². The Labute approximate surface area is 200 Å². The number of anilines is 1. The van der Waals surface area contributed by atoms with Crippen LogP contribution in [0.1, 0.15) is 40.6 Å². The summed E-state index contributed by atoms with van der Waals surface area (Å²) in [5.74, 6) is 1.74. The summed E-state index contributed by atoms with van der Waals surface area (Å²) >= 11 is 6.18. The van der Waals surface area contributed by atoms with Crippen LogP contribution >= 0.6 is 11.6 Å². The number of rotatable bonds is 6. The minimum Gasteiger partial charge on any atom is -0.489 e. The van der Waals surface area contributed by atoms with Gasteiger partial charge >= 0.3 is 0 Å². The van der Waals surface area contributed by atoms with Crippen LogP contribution < -0.4 is 10.1 Å². The highest BCUT2D eigenvalue weighted by Crippen LogP contribution is 2.50. The first-order valence-electron chi connectivity index (χ1n) is 11.3. The van der Waals surface area contributed by atoms with Crippen molar-refractivity contribution in [3.63, 3.8) is 0 Å². The van der Waals surface area contributed by atoms with Crippen LogP contribution in [0, 0.1) is 12.8 Å².